The van der Waals surface area contributed by atoms with E-state index >= 15 is 0 Å². The Kier molecular flexibility index (Phi) is 3.27. The maximum atomic E-state index is 9.25. The SMILES string of the molecule is O/N=C1\CCC=CCC[C@H]1n1nnc2ccccc21. The lowest BCUT2D eigenvalue weighted by Crippen LogP contribution is -2.21. The minimum absolute atomic E-state index is 0.0117. The van der Waals surface area contributed by atoms with E-state index in [0.29, 0.717) is 0 Å². The van der Waals surface area contributed by atoms with E-state index in [1.807, 2.05) is 28.9 Å². The molecule has 0 unspecified atom stereocenters. The second kappa shape index (κ2) is 5.22. The number of oxime groups is 1. The fourth-order valence-corrected chi connectivity index (χ4v) is 2.55. The highest BCUT2D eigenvalue weighted by Crippen LogP contribution is 2.24. The summed E-state index contributed by atoms with van der Waals surface area (Å²) in [4.78, 5) is 0. The van der Waals surface area contributed by atoms with Gasteiger partial charge in [-0.2, -0.15) is 0 Å². The Hall–Kier alpha value is -2.17. The van der Waals surface area contributed by atoms with Crippen molar-refractivity contribution < 1.29 is 5.21 Å². The van der Waals surface area contributed by atoms with Crippen LogP contribution in [-0.4, -0.2) is 25.9 Å². The maximum Gasteiger partial charge on any atom is 0.113 e. The molecule has 0 aliphatic heterocycles. The lowest BCUT2D eigenvalue weighted by molar-refractivity contribution is 0.311. The summed E-state index contributed by atoms with van der Waals surface area (Å²) in [6.07, 6.45) is 7.82. The highest BCUT2D eigenvalue weighted by Gasteiger charge is 2.22. The van der Waals surface area contributed by atoms with Gasteiger partial charge in [-0.05, 0) is 37.8 Å². The van der Waals surface area contributed by atoms with E-state index in [-0.39, 0.29) is 6.04 Å². The number of aromatic nitrogens is 3. The van der Waals surface area contributed by atoms with E-state index in [9.17, 15) is 5.21 Å². The fraction of sp³-hybridized carbons (Fsp3) is 0.357. The van der Waals surface area contributed by atoms with Crippen molar-refractivity contribution in [2.24, 2.45) is 5.16 Å². The molecule has 1 aromatic carbocycles. The summed E-state index contributed by atoms with van der Waals surface area (Å²) >= 11 is 0. The van der Waals surface area contributed by atoms with Gasteiger partial charge in [0.2, 0.25) is 0 Å². The van der Waals surface area contributed by atoms with Crippen molar-refractivity contribution >= 4 is 16.7 Å². The van der Waals surface area contributed by atoms with Crippen molar-refractivity contribution in [1.29, 1.82) is 0 Å². The van der Waals surface area contributed by atoms with Crippen molar-refractivity contribution in [2.45, 2.75) is 31.7 Å². The molecule has 1 aliphatic carbocycles. The summed E-state index contributed by atoms with van der Waals surface area (Å²) in [7, 11) is 0. The number of nitrogens with zero attached hydrogens (tertiary/aromatic N) is 4. The third-order valence-corrected chi connectivity index (χ3v) is 3.53. The van der Waals surface area contributed by atoms with Crippen molar-refractivity contribution in [1.82, 2.24) is 15.0 Å². The van der Waals surface area contributed by atoms with E-state index in [2.05, 4.69) is 27.6 Å². The van der Waals surface area contributed by atoms with Crippen LogP contribution in [0.5, 0.6) is 0 Å². The van der Waals surface area contributed by atoms with Gasteiger partial charge < -0.3 is 5.21 Å². The number of benzene rings is 1. The largest absolute Gasteiger partial charge is 0.411 e. The average Bonchev–Trinajstić information content (AvgIpc) is 2.83. The molecule has 1 heterocycles. The average molecular weight is 256 g/mol. The zero-order valence-corrected chi connectivity index (χ0v) is 10.6. The smallest absolute Gasteiger partial charge is 0.113 e. The van der Waals surface area contributed by atoms with Gasteiger partial charge in [-0.3, -0.25) is 0 Å². The quantitative estimate of drug-likeness (QED) is 0.484. The third kappa shape index (κ3) is 2.23. The maximum absolute atomic E-state index is 9.25. The summed E-state index contributed by atoms with van der Waals surface area (Å²) in [5, 5.41) is 21.2. The van der Waals surface area contributed by atoms with Crippen LogP contribution in [-0.2, 0) is 0 Å². The van der Waals surface area contributed by atoms with Crippen LogP contribution in [0.1, 0.15) is 31.7 Å². The Labute approximate surface area is 111 Å². The van der Waals surface area contributed by atoms with Crippen LogP contribution >= 0.6 is 0 Å². The molecule has 0 saturated carbocycles. The van der Waals surface area contributed by atoms with Crippen molar-refractivity contribution in [2.75, 3.05) is 0 Å². The van der Waals surface area contributed by atoms with Crippen LogP contribution < -0.4 is 0 Å². The molecular formula is C14H16N4O. The molecule has 0 spiro atoms. The second-order valence-electron chi connectivity index (χ2n) is 4.72. The van der Waals surface area contributed by atoms with Gasteiger partial charge in [-0.25, -0.2) is 4.68 Å². The molecule has 1 atom stereocenters. The second-order valence-corrected chi connectivity index (χ2v) is 4.72. The normalized spacial score (nSPS) is 22.5. The zero-order valence-electron chi connectivity index (χ0n) is 10.6. The van der Waals surface area contributed by atoms with Gasteiger partial charge in [0.1, 0.15) is 5.52 Å². The summed E-state index contributed by atoms with van der Waals surface area (Å²) in [5.41, 5.74) is 2.63. The number of hydrogen-bond donors (Lipinski definition) is 1. The number of hydrogen-bond acceptors (Lipinski definition) is 4. The molecule has 5 heteroatoms. The van der Waals surface area contributed by atoms with Crippen LogP contribution in [0.25, 0.3) is 11.0 Å². The van der Waals surface area contributed by atoms with Crippen LogP contribution in [0.4, 0.5) is 0 Å². The molecule has 0 amide bonds. The molecule has 2 aromatic rings. The van der Waals surface area contributed by atoms with Crippen molar-refractivity contribution in [3.63, 3.8) is 0 Å². The fourth-order valence-electron chi connectivity index (χ4n) is 2.55. The lowest BCUT2D eigenvalue weighted by Gasteiger charge is -2.19. The minimum atomic E-state index is -0.0117. The Balaban J connectivity index is 2.04. The number of rotatable bonds is 1. The molecule has 0 saturated heterocycles. The summed E-state index contributed by atoms with van der Waals surface area (Å²) in [6, 6.07) is 7.85. The monoisotopic (exact) mass is 256 g/mol. The molecule has 3 rings (SSSR count). The predicted octanol–water partition coefficient (Wildman–Crippen LogP) is 2.93. The molecule has 1 aromatic heterocycles. The first-order valence-corrected chi connectivity index (χ1v) is 6.56. The van der Waals surface area contributed by atoms with E-state index in [1.165, 1.54) is 0 Å². The Morgan fingerprint density at radius 1 is 1.21 bits per heavy atom. The number of para-hydroxylation sites is 1. The summed E-state index contributed by atoms with van der Waals surface area (Å²) in [6.45, 7) is 0. The zero-order chi connectivity index (χ0) is 13.1. The third-order valence-electron chi connectivity index (χ3n) is 3.53. The lowest BCUT2D eigenvalue weighted by atomic mass is 9.98. The first-order valence-electron chi connectivity index (χ1n) is 6.56. The van der Waals surface area contributed by atoms with Crippen LogP contribution in [0, 0.1) is 0 Å². The molecule has 98 valence electrons. The first kappa shape index (κ1) is 11.9. The summed E-state index contributed by atoms with van der Waals surface area (Å²) < 4.78 is 1.88. The van der Waals surface area contributed by atoms with E-state index in [0.717, 1.165) is 42.4 Å². The Morgan fingerprint density at radius 2 is 2.05 bits per heavy atom. The molecule has 1 N–H and O–H groups in total. The number of allylic oxidation sites excluding steroid dienone is 2. The van der Waals surface area contributed by atoms with Crippen LogP contribution in [0.2, 0.25) is 0 Å². The molecule has 5 nitrogen and oxygen atoms in total. The van der Waals surface area contributed by atoms with Gasteiger partial charge in [-0.15, -0.1) is 5.10 Å². The van der Waals surface area contributed by atoms with Gasteiger partial charge in [0.05, 0.1) is 17.3 Å². The molecule has 0 radical (unpaired) electrons. The van der Waals surface area contributed by atoms with Gasteiger partial charge in [0.15, 0.2) is 0 Å². The van der Waals surface area contributed by atoms with E-state index < -0.39 is 0 Å². The van der Waals surface area contributed by atoms with Gasteiger partial charge in [-0.1, -0.05) is 34.7 Å². The topological polar surface area (TPSA) is 63.3 Å². The van der Waals surface area contributed by atoms with E-state index in [4.69, 9.17) is 0 Å². The van der Waals surface area contributed by atoms with Gasteiger partial charge >= 0.3 is 0 Å². The molecule has 0 fully saturated rings. The highest BCUT2D eigenvalue weighted by atomic mass is 16.4. The van der Waals surface area contributed by atoms with Gasteiger partial charge in [0, 0.05) is 0 Å². The van der Waals surface area contributed by atoms with Crippen molar-refractivity contribution in [3.8, 4) is 0 Å². The molecule has 0 bridgehead atoms. The van der Waals surface area contributed by atoms with Gasteiger partial charge in [0.25, 0.3) is 0 Å². The Morgan fingerprint density at radius 3 is 2.95 bits per heavy atom. The van der Waals surface area contributed by atoms with Crippen LogP contribution in [0.15, 0.2) is 41.6 Å². The Bertz CT molecular complexity index is 629. The molecular weight excluding hydrogens is 240 g/mol. The van der Waals surface area contributed by atoms with Crippen LogP contribution in [0.3, 0.4) is 0 Å². The van der Waals surface area contributed by atoms with E-state index in [1.54, 1.807) is 0 Å². The first-order chi connectivity index (χ1) is 9.40. The standard InChI is InChI=1S/C14H16N4O/c19-16-12-8-3-1-2-4-9-14(12)18-13-10-6-5-7-11(13)15-17-18/h1-2,5-7,10,14,19H,3-4,8-9H2/b2-1?,16-12+/t14-/m1/s1. The summed E-state index contributed by atoms with van der Waals surface area (Å²) in [5.74, 6) is 0. The minimum Gasteiger partial charge on any atom is -0.411 e. The molecule has 1 aliphatic rings. The molecule has 19 heavy (non-hydrogen) atoms. The predicted molar refractivity (Wildman–Crippen MR) is 73.4 cm³/mol. The highest BCUT2D eigenvalue weighted by molar-refractivity contribution is 5.89. The number of fused-ring (bicyclic) bond motifs is 1. The van der Waals surface area contributed by atoms with Crippen molar-refractivity contribution in [3.05, 3.63) is 36.4 Å².